The first-order valence-electron chi connectivity index (χ1n) is 8.89. The number of halogens is 22. The highest BCUT2D eigenvalue weighted by Gasteiger charge is 2.95. The summed E-state index contributed by atoms with van der Waals surface area (Å²) < 4.78 is 295. The summed E-state index contributed by atoms with van der Waals surface area (Å²) in [5, 5.41) is 0. The number of allylic oxidation sites excluding steroid dienone is 1. The molecular weight excluding hydrogens is 654 g/mol. The van der Waals surface area contributed by atoms with E-state index in [9.17, 15) is 96.6 Å². The van der Waals surface area contributed by atoms with Gasteiger partial charge in [-0.1, -0.05) is 0 Å². The monoisotopic (exact) mass is 658 g/mol. The van der Waals surface area contributed by atoms with Gasteiger partial charge < -0.3 is 16.2 Å². The standard InChI is InChI=1S/C16H4F22N2O/c17-1-2(18)6(3(19)5(40)4(1)39)41-8(21)7(20)9(22,23)10(24,25)11(26,27)12(28,29)13(30,31)14(32,33)15(34,35)16(36,37)38/h39-40H2. The van der Waals surface area contributed by atoms with Gasteiger partial charge in [0.25, 0.3) is 0 Å². The summed E-state index contributed by atoms with van der Waals surface area (Å²) in [7, 11) is 0. The van der Waals surface area contributed by atoms with E-state index >= 15 is 0 Å². The summed E-state index contributed by atoms with van der Waals surface area (Å²) in [4.78, 5) is 0. The molecule has 41 heavy (non-hydrogen) atoms. The van der Waals surface area contributed by atoms with Crippen LogP contribution < -0.4 is 16.2 Å². The fourth-order valence-electron chi connectivity index (χ4n) is 2.32. The predicted octanol–water partition coefficient (Wildman–Crippen LogP) is 7.76. The minimum absolute atomic E-state index is 1.69. The lowest BCUT2D eigenvalue weighted by atomic mass is 9.88. The highest BCUT2D eigenvalue weighted by Crippen LogP contribution is 2.64. The van der Waals surface area contributed by atoms with E-state index in [0.29, 0.717) is 0 Å². The molecule has 0 saturated heterocycles. The third-order valence-corrected chi connectivity index (χ3v) is 4.72. The van der Waals surface area contributed by atoms with Crippen LogP contribution in [0.25, 0.3) is 0 Å². The van der Waals surface area contributed by atoms with E-state index in [1.54, 1.807) is 0 Å². The van der Waals surface area contributed by atoms with Crippen molar-refractivity contribution in [2.45, 2.75) is 47.6 Å². The molecule has 1 rings (SSSR count). The Bertz CT molecular complexity index is 1190. The molecule has 0 amide bonds. The number of nitrogen functional groups attached to an aromatic ring is 2. The molecular formula is C16H4F22N2O. The predicted molar refractivity (Wildman–Crippen MR) is 85.7 cm³/mol. The van der Waals surface area contributed by atoms with Gasteiger partial charge in [0.1, 0.15) is 0 Å². The van der Waals surface area contributed by atoms with Gasteiger partial charge in [-0.3, -0.25) is 0 Å². The van der Waals surface area contributed by atoms with E-state index in [1.807, 2.05) is 0 Å². The first-order chi connectivity index (χ1) is 17.7. The third kappa shape index (κ3) is 4.67. The zero-order valence-electron chi connectivity index (χ0n) is 17.9. The fraction of sp³-hybridized carbons (Fsp3) is 0.500. The lowest BCUT2D eigenvalue weighted by Crippen LogP contribution is -2.74. The molecule has 25 heteroatoms. The van der Waals surface area contributed by atoms with E-state index in [2.05, 4.69) is 16.2 Å². The van der Waals surface area contributed by atoms with E-state index in [-0.39, 0.29) is 0 Å². The number of hydrogen-bond acceptors (Lipinski definition) is 3. The Morgan fingerprint density at radius 3 is 1.15 bits per heavy atom. The van der Waals surface area contributed by atoms with Crippen molar-refractivity contribution in [3.8, 4) is 5.75 Å². The SMILES string of the molecule is Nc1c(N)c(F)c(OC(F)=C(F)C(F)(F)C(F)(F)C(F)(F)C(F)(F)C(F)(F)C(F)(F)C(F)(F)C(F)(F)F)c(F)c1F. The van der Waals surface area contributed by atoms with Gasteiger partial charge in [0, 0.05) is 0 Å². The second kappa shape index (κ2) is 9.69. The van der Waals surface area contributed by atoms with Crippen molar-refractivity contribution >= 4 is 11.4 Å². The Labute approximate surface area is 208 Å². The van der Waals surface area contributed by atoms with Crippen LogP contribution >= 0.6 is 0 Å². The van der Waals surface area contributed by atoms with Gasteiger partial charge in [-0.2, -0.15) is 87.8 Å². The molecule has 238 valence electrons. The van der Waals surface area contributed by atoms with Crippen LogP contribution in [-0.4, -0.2) is 47.6 Å². The second-order valence-corrected chi connectivity index (χ2v) is 7.31. The normalized spacial score (nSPS) is 15.7. The highest BCUT2D eigenvalue weighted by atomic mass is 19.4. The Hall–Kier alpha value is -3.18. The first kappa shape index (κ1) is 35.8. The average Bonchev–Trinajstić information content (AvgIpc) is 2.81. The average molecular weight is 658 g/mol. The van der Waals surface area contributed by atoms with Gasteiger partial charge in [0.15, 0.2) is 11.6 Å². The fourth-order valence-corrected chi connectivity index (χ4v) is 2.32. The Morgan fingerprint density at radius 2 is 0.780 bits per heavy atom. The van der Waals surface area contributed by atoms with E-state index in [0.717, 1.165) is 0 Å². The Balaban J connectivity index is 3.79. The van der Waals surface area contributed by atoms with Crippen LogP contribution in [0.15, 0.2) is 11.8 Å². The summed E-state index contributed by atoms with van der Waals surface area (Å²) >= 11 is 0. The van der Waals surface area contributed by atoms with Crippen LogP contribution in [0.5, 0.6) is 5.75 Å². The van der Waals surface area contributed by atoms with Crippen LogP contribution in [0, 0.1) is 17.5 Å². The molecule has 0 aromatic heterocycles. The van der Waals surface area contributed by atoms with Crippen molar-refractivity contribution in [1.29, 1.82) is 0 Å². The number of rotatable bonds is 9. The minimum atomic E-state index is -9.12. The molecule has 1 aromatic carbocycles. The smallest absolute Gasteiger partial charge is 0.423 e. The molecule has 0 saturated carbocycles. The number of benzene rings is 1. The minimum Gasteiger partial charge on any atom is -0.423 e. The first-order valence-corrected chi connectivity index (χ1v) is 8.89. The van der Waals surface area contributed by atoms with Gasteiger partial charge in [-0.25, -0.2) is 8.78 Å². The van der Waals surface area contributed by atoms with Gasteiger partial charge in [-0.05, 0) is 0 Å². The molecule has 0 heterocycles. The molecule has 0 aliphatic heterocycles. The maximum absolute atomic E-state index is 13.7. The lowest BCUT2D eigenvalue weighted by Gasteiger charge is -2.42. The summed E-state index contributed by atoms with van der Waals surface area (Å²) in [6.45, 7) is 0. The molecule has 3 nitrogen and oxygen atoms in total. The third-order valence-electron chi connectivity index (χ3n) is 4.72. The molecule has 1 aromatic rings. The van der Waals surface area contributed by atoms with Crippen molar-refractivity contribution in [3.63, 3.8) is 0 Å². The number of anilines is 2. The lowest BCUT2D eigenvalue weighted by molar-refractivity contribution is -0.460. The van der Waals surface area contributed by atoms with Gasteiger partial charge in [0.05, 0.1) is 11.4 Å². The van der Waals surface area contributed by atoms with Crippen molar-refractivity contribution in [2.75, 3.05) is 11.5 Å². The van der Waals surface area contributed by atoms with Crippen molar-refractivity contribution in [3.05, 3.63) is 29.3 Å². The molecule has 4 N–H and O–H groups in total. The van der Waals surface area contributed by atoms with Crippen LogP contribution in [-0.2, 0) is 0 Å². The molecule has 0 unspecified atom stereocenters. The Morgan fingerprint density at radius 1 is 0.463 bits per heavy atom. The second-order valence-electron chi connectivity index (χ2n) is 7.31. The topological polar surface area (TPSA) is 61.3 Å². The summed E-state index contributed by atoms with van der Waals surface area (Å²) in [6, 6.07) is -4.30. The zero-order chi connectivity index (χ0) is 33.3. The molecule has 0 aliphatic rings. The molecule has 0 spiro atoms. The quantitative estimate of drug-likeness (QED) is 0.124. The van der Waals surface area contributed by atoms with Crippen molar-refractivity contribution < 1.29 is 101 Å². The van der Waals surface area contributed by atoms with Crippen LogP contribution in [0.4, 0.5) is 108 Å². The Kier molecular flexibility index (Phi) is 8.47. The molecule has 0 atom stereocenters. The highest BCUT2D eigenvalue weighted by molar-refractivity contribution is 5.67. The van der Waals surface area contributed by atoms with Crippen LogP contribution in [0.1, 0.15) is 0 Å². The van der Waals surface area contributed by atoms with Crippen LogP contribution in [0.2, 0.25) is 0 Å². The molecule has 0 radical (unpaired) electrons. The van der Waals surface area contributed by atoms with E-state index in [4.69, 9.17) is 0 Å². The van der Waals surface area contributed by atoms with Crippen LogP contribution in [0.3, 0.4) is 0 Å². The zero-order valence-corrected chi connectivity index (χ0v) is 17.9. The van der Waals surface area contributed by atoms with E-state index < -0.39 is 94.0 Å². The molecule has 0 fully saturated rings. The summed E-state index contributed by atoms with van der Waals surface area (Å²) in [5.41, 5.74) is 5.83. The van der Waals surface area contributed by atoms with Gasteiger partial charge in [0.2, 0.25) is 17.4 Å². The van der Waals surface area contributed by atoms with Crippen molar-refractivity contribution in [2.24, 2.45) is 0 Å². The number of hydrogen-bond donors (Lipinski definition) is 2. The number of nitrogens with two attached hydrogens (primary N) is 2. The maximum atomic E-state index is 13.7. The van der Waals surface area contributed by atoms with Gasteiger partial charge >= 0.3 is 53.6 Å². The van der Waals surface area contributed by atoms with E-state index in [1.165, 1.54) is 0 Å². The molecule has 0 aliphatic carbocycles. The maximum Gasteiger partial charge on any atom is 0.460 e. The van der Waals surface area contributed by atoms with Gasteiger partial charge in [-0.15, -0.1) is 0 Å². The van der Waals surface area contributed by atoms with Crippen molar-refractivity contribution in [1.82, 2.24) is 0 Å². The largest absolute Gasteiger partial charge is 0.460 e. The summed E-state index contributed by atoms with van der Waals surface area (Å²) in [6.07, 6.45) is -8.01. The number of ether oxygens (including phenoxy) is 1. The molecule has 0 bridgehead atoms. The number of alkyl halides is 17. The summed E-state index contributed by atoms with van der Waals surface area (Å²) in [5.74, 6) is -77.3.